The third-order valence-corrected chi connectivity index (χ3v) is 3.38. The molecule has 3 heteroatoms. The van der Waals surface area contributed by atoms with Crippen molar-refractivity contribution in [3.05, 3.63) is 34.6 Å². The largest absolute Gasteiger partial charge is 0.355 e. The average Bonchev–Trinajstić information content (AvgIpc) is 2.23. The predicted octanol–water partition coefficient (Wildman–Crippen LogP) is 3.10. The maximum atomic E-state index is 11.4. The van der Waals surface area contributed by atoms with Gasteiger partial charge in [0.2, 0.25) is 0 Å². The highest BCUT2D eigenvalue weighted by Gasteiger charge is 2.12. The average molecular weight is 225 g/mol. The Morgan fingerprint density at radius 2 is 1.93 bits per heavy atom. The summed E-state index contributed by atoms with van der Waals surface area (Å²) in [6.07, 6.45) is 1.88. The molecule has 0 aromatic rings. The van der Waals surface area contributed by atoms with E-state index < -0.39 is 0 Å². The van der Waals surface area contributed by atoms with Crippen LogP contribution in [0.1, 0.15) is 20.8 Å². The third-order valence-electron chi connectivity index (χ3n) is 1.95. The minimum absolute atomic E-state index is 0.146. The van der Waals surface area contributed by atoms with E-state index in [0.717, 1.165) is 9.81 Å². The summed E-state index contributed by atoms with van der Waals surface area (Å²) in [6, 6.07) is 0. The number of amides is 1. The van der Waals surface area contributed by atoms with Gasteiger partial charge in [0.05, 0.1) is 0 Å². The molecule has 15 heavy (non-hydrogen) atoms. The summed E-state index contributed by atoms with van der Waals surface area (Å²) >= 11 is 1.51. The first-order chi connectivity index (χ1) is 6.93. The fraction of sp³-hybridized carbons (Fsp3) is 0.417. The molecular weight excluding hydrogens is 206 g/mol. The molecule has 0 bridgehead atoms. The van der Waals surface area contributed by atoms with E-state index in [2.05, 4.69) is 32.3 Å². The Hall–Kier alpha value is -0.960. The van der Waals surface area contributed by atoms with Crippen LogP contribution in [-0.2, 0) is 4.79 Å². The van der Waals surface area contributed by atoms with E-state index in [1.165, 1.54) is 11.8 Å². The van der Waals surface area contributed by atoms with Crippen LogP contribution in [-0.4, -0.2) is 13.0 Å². The Balaban J connectivity index is 4.61. The van der Waals surface area contributed by atoms with Gasteiger partial charge >= 0.3 is 0 Å². The predicted molar refractivity (Wildman–Crippen MR) is 68.5 cm³/mol. The summed E-state index contributed by atoms with van der Waals surface area (Å²) in [7, 11) is 1.60. The SMILES string of the molecule is C=C(C(=O)NC)/C(=C/C)SC(=C)C(C)C. The van der Waals surface area contributed by atoms with Crippen LogP contribution in [0.15, 0.2) is 34.6 Å². The number of allylic oxidation sites excluding steroid dienone is 2. The topological polar surface area (TPSA) is 29.1 Å². The monoisotopic (exact) mass is 225 g/mol. The highest BCUT2D eigenvalue weighted by Crippen LogP contribution is 2.33. The number of carbonyl (C=O) groups is 1. The van der Waals surface area contributed by atoms with Crippen molar-refractivity contribution in [2.45, 2.75) is 20.8 Å². The zero-order valence-electron chi connectivity index (χ0n) is 9.89. The smallest absolute Gasteiger partial charge is 0.251 e. The molecule has 0 saturated carbocycles. The van der Waals surface area contributed by atoms with Crippen molar-refractivity contribution in [1.82, 2.24) is 5.32 Å². The van der Waals surface area contributed by atoms with Gasteiger partial charge in [-0.05, 0) is 17.7 Å². The quantitative estimate of drug-likeness (QED) is 0.575. The van der Waals surface area contributed by atoms with Crippen LogP contribution in [0.2, 0.25) is 0 Å². The number of hydrogen-bond donors (Lipinski definition) is 1. The maximum absolute atomic E-state index is 11.4. The van der Waals surface area contributed by atoms with Gasteiger partial charge in [0.15, 0.2) is 0 Å². The lowest BCUT2D eigenvalue weighted by molar-refractivity contribution is -0.116. The lowest BCUT2D eigenvalue weighted by atomic mass is 10.2. The fourth-order valence-electron chi connectivity index (χ4n) is 0.817. The molecule has 0 fully saturated rings. The zero-order chi connectivity index (χ0) is 12.0. The second-order valence-corrected chi connectivity index (χ2v) is 4.60. The molecule has 0 aromatic carbocycles. The first-order valence-electron chi connectivity index (χ1n) is 4.88. The Labute approximate surface area is 96.5 Å². The summed E-state index contributed by atoms with van der Waals surface area (Å²) in [4.78, 5) is 13.3. The Kier molecular flexibility index (Phi) is 6.09. The molecule has 0 atom stereocenters. The van der Waals surface area contributed by atoms with Gasteiger partial charge in [0.25, 0.3) is 5.91 Å². The van der Waals surface area contributed by atoms with Gasteiger partial charge in [-0.15, -0.1) is 0 Å². The second-order valence-electron chi connectivity index (χ2n) is 3.43. The van der Waals surface area contributed by atoms with Crippen molar-refractivity contribution in [1.29, 1.82) is 0 Å². The lowest BCUT2D eigenvalue weighted by Gasteiger charge is -2.12. The van der Waals surface area contributed by atoms with E-state index in [1.807, 2.05) is 13.0 Å². The van der Waals surface area contributed by atoms with Gasteiger partial charge in [0.1, 0.15) is 0 Å². The second kappa shape index (κ2) is 6.51. The van der Waals surface area contributed by atoms with Crippen molar-refractivity contribution in [3.8, 4) is 0 Å². The molecule has 0 aliphatic heterocycles. The van der Waals surface area contributed by atoms with Crippen LogP contribution < -0.4 is 5.32 Å². The molecule has 1 amide bonds. The first-order valence-corrected chi connectivity index (χ1v) is 5.70. The molecule has 84 valence electrons. The number of hydrogen-bond acceptors (Lipinski definition) is 2. The molecule has 2 nitrogen and oxygen atoms in total. The summed E-state index contributed by atoms with van der Waals surface area (Å²) in [5, 5.41) is 2.56. The van der Waals surface area contributed by atoms with Gasteiger partial charge in [0, 0.05) is 17.5 Å². The lowest BCUT2D eigenvalue weighted by Crippen LogP contribution is -2.19. The molecule has 1 N–H and O–H groups in total. The molecule has 0 radical (unpaired) electrons. The Bertz CT molecular complexity index is 303. The fourth-order valence-corrected chi connectivity index (χ4v) is 1.67. The molecular formula is C12H19NOS. The van der Waals surface area contributed by atoms with Gasteiger partial charge in [-0.1, -0.05) is 44.8 Å². The van der Waals surface area contributed by atoms with Crippen LogP contribution >= 0.6 is 11.8 Å². The molecule has 0 spiro atoms. The number of carbonyl (C=O) groups excluding carboxylic acids is 1. The van der Waals surface area contributed by atoms with Crippen molar-refractivity contribution < 1.29 is 4.79 Å². The van der Waals surface area contributed by atoms with Crippen LogP contribution in [0.5, 0.6) is 0 Å². The van der Waals surface area contributed by atoms with E-state index >= 15 is 0 Å². The van der Waals surface area contributed by atoms with Gasteiger partial charge < -0.3 is 5.32 Å². The molecule has 0 aromatic heterocycles. The van der Waals surface area contributed by atoms with E-state index in [-0.39, 0.29) is 5.91 Å². The van der Waals surface area contributed by atoms with Gasteiger partial charge in [-0.25, -0.2) is 0 Å². The standard InChI is InChI=1S/C12H19NOS/c1-7-11(9(4)12(14)13-6)15-10(5)8(2)3/h7-8H,4-5H2,1-3,6H3,(H,13,14)/b11-7-. The number of nitrogens with one attached hydrogen (secondary N) is 1. The van der Waals surface area contributed by atoms with E-state index in [0.29, 0.717) is 11.5 Å². The van der Waals surface area contributed by atoms with Gasteiger partial charge in [-0.3, -0.25) is 4.79 Å². The summed E-state index contributed by atoms with van der Waals surface area (Å²) in [5.41, 5.74) is 0.492. The molecule has 0 rings (SSSR count). The van der Waals surface area contributed by atoms with Crippen molar-refractivity contribution in [3.63, 3.8) is 0 Å². The molecule has 0 aliphatic rings. The van der Waals surface area contributed by atoms with Crippen LogP contribution in [0.4, 0.5) is 0 Å². The minimum Gasteiger partial charge on any atom is -0.355 e. The molecule has 0 unspecified atom stereocenters. The van der Waals surface area contributed by atoms with Gasteiger partial charge in [-0.2, -0.15) is 0 Å². The van der Waals surface area contributed by atoms with Crippen LogP contribution in [0.3, 0.4) is 0 Å². The Morgan fingerprint density at radius 1 is 1.40 bits per heavy atom. The van der Waals surface area contributed by atoms with E-state index in [1.54, 1.807) is 7.05 Å². The number of thioether (sulfide) groups is 1. The third kappa shape index (κ3) is 4.38. The minimum atomic E-state index is -0.146. The maximum Gasteiger partial charge on any atom is 0.251 e. The highest BCUT2D eigenvalue weighted by molar-refractivity contribution is 8.07. The summed E-state index contributed by atoms with van der Waals surface area (Å²) in [6.45, 7) is 13.8. The Morgan fingerprint density at radius 3 is 2.27 bits per heavy atom. The molecule has 0 saturated heterocycles. The van der Waals surface area contributed by atoms with Crippen molar-refractivity contribution in [2.75, 3.05) is 7.05 Å². The first kappa shape index (κ1) is 14.0. The summed E-state index contributed by atoms with van der Waals surface area (Å²) < 4.78 is 0. The number of rotatable bonds is 5. The van der Waals surface area contributed by atoms with E-state index in [9.17, 15) is 4.79 Å². The normalized spacial score (nSPS) is 11.4. The van der Waals surface area contributed by atoms with Crippen molar-refractivity contribution in [2.24, 2.45) is 5.92 Å². The van der Waals surface area contributed by atoms with E-state index in [4.69, 9.17) is 0 Å². The molecule has 0 heterocycles. The van der Waals surface area contributed by atoms with Crippen LogP contribution in [0.25, 0.3) is 0 Å². The highest BCUT2D eigenvalue weighted by atomic mass is 32.2. The van der Waals surface area contributed by atoms with Crippen molar-refractivity contribution >= 4 is 17.7 Å². The number of likely N-dealkylation sites (N-methyl/N-ethyl adjacent to an activating group) is 1. The molecule has 0 aliphatic carbocycles. The zero-order valence-corrected chi connectivity index (χ0v) is 10.7. The van der Waals surface area contributed by atoms with Crippen LogP contribution in [0, 0.1) is 5.92 Å². The summed E-state index contributed by atoms with van der Waals surface area (Å²) in [5.74, 6) is 0.245.